The van der Waals surface area contributed by atoms with Gasteiger partial charge in [-0.2, -0.15) is 17.0 Å². The summed E-state index contributed by atoms with van der Waals surface area (Å²) in [7, 11) is -3.44. The van der Waals surface area contributed by atoms with E-state index in [1.54, 1.807) is 15.5 Å². The number of oxazole rings is 1. The highest BCUT2D eigenvalue weighted by molar-refractivity contribution is 7.86. The zero-order chi connectivity index (χ0) is 26.2. The highest BCUT2D eigenvalue weighted by atomic mass is 32.2. The quantitative estimate of drug-likeness (QED) is 0.574. The van der Waals surface area contributed by atoms with Gasteiger partial charge >= 0.3 is 0 Å². The Morgan fingerprint density at radius 3 is 1.97 bits per heavy atom. The number of carbonyl (C=O) groups excluding carboxylic acids is 2. The number of amides is 2. The predicted octanol–water partition coefficient (Wildman–Crippen LogP) is 2.61. The maximum atomic E-state index is 13.2. The summed E-state index contributed by atoms with van der Waals surface area (Å²) in [5.41, 5.74) is 0.427. The third kappa shape index (κ3) is 5.59. The van der Waals surface area contributed by atoms with Crippen molar-refractivity contribution in [1.82, 2.24) is 23.4 Å². The molecule has 1 aromatic heterocycles. The van der Waals surface area contributed by atoms with Gasteiger partial charge in [0.1, 0.15) is 5.76 Å². The van der Waals surface area contributed by atoms with Crippen LogP contribution >= 0.6 is 0 Å². The van der Waals surface area contributed by atoms with Crippen molar-refractivity contribution in [2.45, 2.75) is 71.1 Å². The van der Waals surface area contributed by atoms with E-state index in [1.165, 1.54) is 0 Å². The first-order valence-electron chi connectivity index (χ1n) is 14.0. The van der Waals surface area contributed by atoms with Gasteiger partial charge in [-0.1, -0.05) is 6.92 Å². The molecule has 5 rings (SSSR count). The van der Waals surface area contributed by atoms with Crippen molar-refractivity contribution in [3.05, 3.63) is 17.3 Å². The van der Waals surface area contributed by atoms with Crippen molar-refractivity contribution in [3.63, 3.8) is 0 Å². The number of nitrogens with zero attached hydrogens (tertiary/aromatic N) is 5. The lowest BCUT2D eigenvalue weighted by Gasteiger charge is -2.38. The fraction of sp³-hybridized carbons (Fsp3) is 0.808. The number of hydrogen-bond acceptors (Lipinski definition) is 6. The molecule has 0 atom stereocenters. The number of rotatable bonds is 5. The number of piperidine rings is 3. The van der Waals surface area contributed by atoms with E-state index < -0.39 is 10.2 Å². The SMILES string of the molecule is Cc1oc(C2CCN(C(=O)C3CCN(S(=O)(=O)N4CCC(C)CC4)CC3)CC2)nc1C(=O)N1CCCC1. The molecule has 4 aliphatic rings. The van der Waals surface area contributed by atoms with Gasteiger partial charge in [0.05, 0.1) is 0 Å². The second-order valence-corrected chi connectivity index (χ2v) is 13.2. The molecule has 0 spiro atoms. The smallest absolute Gasteiger partial charge is 0.281 e. The van der Waals surface area contributed by atoms with E-state index in [1.807, 2.05) is 9.80 Å². The third-order valence-corrected chi connectivity index (χ3v) is 10.8. The van der Waals surface area contributed by atoms with E-state index in [9.17, 15) is 18.0 Å². The second-order valence-electron chi connectivity index (χ2n) is 11.3. The molecule has 11 heteroatoms. The van der Waals surface area contributed by atoms with Crippen molar-refractivity contribution in [2.75, 3.05) is 52.4 Å². The van der Waals surface area contributed by atoms with Crippen LogP contribution in [0, 0.1) is 18.8 Å². The summed E-state index contributed by atoms with van der Waals surface area (Å²) in [6.45, 7) is 8.79. The van der Waals surface area contributed by atoms with Gasteiger partial charge in [0.15, 0.2) is 11.6 Å². The van der Waals surface area contributed by atoms with Gasteiger partial charge in [0.2, 0.25) is 5.91 Å². The molecule has 2 amide bonds. The Morgan fingerprint density at radius 2 is 1.38 bits per heavy atom. The number of carbonyl (C=O) groups is 2. The minimum Gasteiger partial charge on any atom is -0.445 e. The van der Waals surface area contributed by atoms with Gasteiger partial charge in [-0.15, -0.1) is 0 Å². The van der Waals surface area contributed by atoms with Crippen LogP contribution < -0.4 is 0 Å². The van der Waals surface area contributed by atoms with Gasteiger partial charge in [0, 0.05) is 64.2 Å². The Kier molecular flexibility index (Phi) is 7.93. The Bertz CT molecular complexity index is 1070. The zero-order valence-electron chi connectivity index (χ0n) is 22.2. The fourth-order valence-electron chi connectivity index (χ4n) is 6.18. The number of aryl methyl sites for hydroxylation is 1. The molecule has 0 radical (unpaired) electrons. The van der Waals surface area contributed by atoms with Gasteiger partial charge in [-0.05, 0) is 64.2 Å². The lowest BCUT2D eigenvalue weighted by Crippen LogP contribution is -2.51. The van der Waals surface area contributed by atoms with Gasteiger partial charge in [-0.3, -0.25) is 9.59 Å². The summed E-state index contributed by atoms with van der Waals surface area (Å²) in [6, 6.07) is 0. The molecule has 1 aromatic rings. The standard InChI is InChI=1S/C26H41N5O5S/c1-19-5-15-30(16-6-19)37(34,35)31-17-9-22(10-18-31)25(32)29-13-7-21(8-14-29)24-27-23(20(2)36-24)26(33)28-11-3-4-12-28/h19,21-22H,3-18H2,1-2H3. The Morgan fingerprint density at radius 1 is 0.811 bits per heavy atom. The molecule has 0 aromatic carbocycles. The molecular formula is C26H41N5O5S. The van der Waals surface area contributed by atoms with Crippen LogP contribution in [-0.4, -0.2) is 96.0 Å². The van der Waals surface area contributed by atoms with Crippen molar-refractivity contribution in [1.29, 1.82) is 0 Å². The van der Waals surface area contributed by atoms with E-state index >= 15 is 0 Å². The van der Waals surface area contributed by atoms with Crippen LogP contribution in [0.15, 0.2) is 4.42 Å². The average molecular weight is 536 g/mol. The summed E-state index contributed by atoms with van der Waals surface area (Å²) in [5, 5.41) is 0. The Labute approximate surface area is 220 Å². The fourth-order valence-corrected chi connectivity index (χ4v) is 7.85. The van der Waals surface area contributed by atoms with Crippen LogP contribution in [0.3, 0.4) is 0 Å². The second kappa shape index (κ2) is 11.0. The molecule has 0 unspecified atom stereocenters. The molecule has 5 heterocycles. The lowest BCUT2D eigenvalue weighted by molar-refractivity contribution is -0.137. The van der Waals surface area contributed by atoms with Crippen LogP contribution in [0.5, 0.6) is 0 Å². The highest BCUT2D eigenvalue weighted by Gasteiger charge is 2.38. The summed E-state index contributed by atoms with van der Waals surface area (Å²) >= 11 is 0. The molecule has 0 saturated carbocycles. The summed E-state index contributed by atoms with van der Waals surface area (Å²) in [5.74, 6) is 1.83. The van der Waals surface area contributed by atoms with Crippen molar-refractivity contribution in [3.8, 4) is 0 Å². The Hall–Kier alpha value is -1.98. The molecule has 4 saturated heterocycles. The molecular weight excluding hydrogens is 494 g/mol. The van der Waals surface area contributed by atoms with Gasteiger partial charge < -0.3 is 14.2 Å². The predicted molar refractivity (Wildman–Crippen MR) is 138 cm³/mol. The molecule has 206 valence electrons. The van der Waals surface area contributed by atoms with E-state index in [-0.39, 0.29) is 23.7 Å². The van der Waals surface area contributed by atoms with E-state index in [0.717, 1.165) is 51.6 Å². The van der Waals surface area contributed by atoms with Crippen molar-refractivity contribution < 1.29 is 22.4 Å². The minimum absolute atomic E-state index is 0.0409. The zero-order valence-corrected chi connectivity index (χ0v) is 23.0. The molecule has 0 bridgehead atoms. The average Bonchev–Trinajstić information content (AvgIpc) is 3.59. The normalized spacial score (nSPS) is 24.2. The van der Waals surface area contributed by atoms with E-state index in [2.05, 4.69) is 11.9 Å². The molecule has 37 heavy (non-hydrogen) atoms. The van der Waals surface area contributed by atoms with E-state index in [0.29, 0.717) is 75.4 Å². The van der Waals surface area contributed by atoms with Crippen LogP contribution in [0.25, 0.3) is 0 Å². The van der Waals surface area contributed by atoms with Crippen LogP contribution in [0.4, 0.5) is 0 Å². The summed E-state index contributed by atoms with van der Waals surface area (Å²) in [4.78, 5) is 34.4. The number of aromatic nitrogens is 1. The molecule has 0 N–H and O–H groups in total. The maximum absolute atomic E-state index is 13.2. The Balaban J connectivity index is 1.11. The summed E-state index contributed by atoms with van der Waals surface area (Å²) in [6.07, 6.45) is 6.55. The highest BCUT2D eigenvalue weighted by Crippen LogP contribution is 2.32. The first-order valence-corrected chi connectivity index (χ1v) is 15.4. The maximum Gasteiger partial charge on any atom is 0.281 e. The van der Waals surface area contributed by atoms with Crippen LogP contribution in [-0.2, 0) is 15.0 Å². The minimum atomic E-state index is -3.44. The van der Waals surface area contributed by atoms with E-state index in [4.69, 9.17) is 4.42 Å². The third-order valence-electron chi connectivity index (χ3n) is 8.76. The molecule has 4 aliphatic heterocycles. The van der Waals surface area contributed by atoms with Crippen molar-refractivity contribution >= 4 is 22.0 Å². The first-order chi connectivity index (χ1) is 17.7. The van der Waals surface area contributed by atoms with Crippen LogP contribution in [0.1, 0.15) is 86.3 Å². The summed E-state index contributed by atoms with van der Waals surface area (Å²) < 4.78 is 35.2. The molecule has 0 aliphatic carbocycles. The van der Waals surface area contributed by atoms with Crippen molar-refractivity contribution in [2.24, 2.45) is 11.8 Å². The monoisotopic (exact) mass is 535 g/mol. The van der Waals surface area contributed by atoms with Crippen LogP contribution in [0.2, 0.25) is 0 Å². The molecule has 4 fully saturated rings. The van der Waals surface area contributed by atoms with Gasteiger partial charge in [0.25, 0.3) is 16.1 Å². The first kappa shape index (κ1) is 26.6. The number of hydrogen-bond donors (Lipinski definition) is 0. The lowest BCUT2D eigenvalue weighted by atomic mass is 9.92. The largest absolute Gasteiger partial charge is 0.445 e. The molecule has 10 nitrogen and oxygen atoms in total. The topological polar surface area (TPSA) is 107 Å². The number of likely N-dealkylation sites (tertiary alicyclic amines) is 2. The van der Waals surface area contributed by atoms with Gasteiger partial charge in [-0.25, -0.2) is 4.98 Å².